The molecule has 27 heavy (non-hydrogen) atoms. The topological polar surface area (TPSA) is 50.8 Å². The van der Waals surface area contributed by atoms with Crippen molar-refractivity contribution in [1.29, 1.82) is 0 Å². The van der Waals surface area contributed by atoms with Crippen molar-refractivity contribution in [2.24, 2.45) is 0 Å². The maximum absolute atomic E-state index is 12.3. The molecule has 0 saturated carbocycles. The molecule has 2 aromatic rings. The van der Waals surface area contributed by atoms with Gasteiger partial charge in [-0.15, -0.1) is 0 Å². The second-order valence-corrected chi connectivity index (χ2v) is 7.10. The van der Waals surface area contributed by atoms with Gasteiger partial charge in [0.05, 0.1) is 20.8 Å². The minimum absolute atomic E-state index is 0.0490. The third-order valence-electron chi connectivity index (χ3n) is 4.81. The molecule has 1 heterocycles. The smallest absolute Gasteiger partial charge is 0.234 e. The van der Waals surface area contributed by atoms with Gasteiger partial charge in [-0.3, -0.25) is 9.69 Å². The van der Waals surface area contributed by atoms with E-state index in [1.807, 2.05) is 36.4 Å². The molecule has 0 atom stereocenters. The van der Waals surface area contributed by atoms with Gasteiger partial charge in [-0.05, 0) is 53.8 Å². The molecule has 0 aromatic heterocycles. The molecule has 0 radical (unpaired) electrons. The van der Waals surface area contributed by atoms with E-state index in [2.05, 4.69) is 10.2 Å². The van der Waals surface area contributed by atoms with Gasteiger partial charge in [0, 0.05) is 24.7 Å². The summed E-state index contributed by atoms with van der Waals surface area (Å²) in [5.74, 6) is 1.53. The predicted molar refractivity (Wildman–Crippen MR) is 107 cm³/mol. The first kappa shape index (κ1) is 19.5. The quantitative estimate of drug-likeness (QED) is 0.792. The van der Waals surface area contributed by atoms with Crippen molar-refractivity contribution in [2.75, 3.05) is 33.9 Å². The summed E-state index contributed by atoms with van der Waals surface area (Å²) < 4.78 is 10.8. The number of hydrogen-bond donors (Lipinski definition) is 1. The first-order valence-corrected chi connectivity index (χ1v) is 9.44. The van der Waals surface area contributed by atoms with Gasteiger partial charge in [0.25, 0.3) is 0 Å². The Kier molecular flexibility index (Phi) is 6.58. The van der Waals surface area contributed by atoms with Gasteiger partial charge in [0.15, 0.2) is 11.5 Å². The number of rotatable bonds is 7. The maximum atomic E-state index is 12.3. The van der Waals surface area contributed by atoms with Gasteiger partial charge in [-0.1, -0.05) is 23.7 Å². The van der Waals surface area contributed by atoms with Crippen LogP contribution < -0.4 is 14.8 Å². The van der Waals surface area contributed by atoms with Crippen molar-refractivity contribution in [3.8, 4) is 11.5 Å². The molecule has 0 fully saturated rings. The monoisotopic (exact) mass is 388 g/mol. The van der Waals surface area contributed by atoms with Crippen molar-refractivity contribution in [2.45, 2.75) is 19.4 Å². The van der Waals surface area contributed by atoms with Crippen LogP contribution in [0, 0.1) is 0 Å². The van der Waals surface area contributed by atoms with E-state index < -0.39 is 0 Å². The molecule has 5 nitrogen and oxygen atoms in total. The van der Waals surface area contributed by atoms with E-state index in [0.717, 1.165) is 48.0 Å². The van der Waals surface area contributed by atoms with E-state index in [4.69, 9.17) is 21.1 Å². The van der Waals surface area contributed by atoms with Gasteiger partial charge in [-0.25, -0.2) is 0 Å². The van der Waals surface area contributed by atoms with Crippen molar-refractivity contribution >= 4 is 17.5 Å². The second kappa shape index (κ2) is 9.11. The lowest BCUT2D eigenvalue weighted by molar-refractivity contribution is -0.122. The average Bonchev–Trinajstić information content (AvgIpc) is 2.68. The fourth-order valence-corrected chi connectivity index (χ4v) is 3.46. The van der Waals surface area contributed by atoms with E-state index in [1.54, 1.807) is 14.2 Å². The number of amides is 1. The van der Waals surface area contributed by atoms with Crippen LogP contribution in [0.3, 0.4) is 0 Å². The summed E-state index contributed by atoms with van der Waals surface area (Å²) >= 11 is 5.89. The summed E-state index contributed by atoms with van der Waals surface area (Å²) in [6.45, 7) is 2.61. The predicted octanol–water partition coefficient (Wildman–Crippen LogP) is 3.07. The Morgan fingerprint density at radius 1 is 1.11 bits per heavy atom. The zero-order chi connectivity index (χ0) is 19.2. The third kappa shape index (κ3) is 5.15. The van der Waals surface area contributed by atoms with Gasteiger partial charge in [0.2, 0.25) is 5.91 Å². The lowest BCUT2D eigenvalue weighted by atomic mass is 9.99. The number of hydrogen-bond acceptors (Lipinski definition) is 4. The molecule has 1 amide bonds. The molecule has 6 heteroatoms. The van der Waals surface area contributed by atoms with Crippen LogP contribution in [-0.4, -0.2) is 44.7 Å². The number of ether oxygens (including phenoxy) is 2. The fraction of sp³-hybridized carbons (Fsp3) is 0.381. The van der Waals surface area contributed by atoms with Crippen LogP contribution in [0.5, 0.6) is 11.5 Å². The van der Waals surface area contributed by atoms with Crippen molar-refractivity contribution in [3.05, 3.63) is 58.1 Å². The average molecular weight is 389 g/mol. The highest BCUT2D eigenvalue weighted by Crippen LogP contribution is 2.33. The molecule has 0 bridgehead atoms. The van der Waals surface area contributed by atoms with Gasteiger partial charge < -0.3 is 14.8 Å². The van der Waals surface area contributed by atoms with Crippen LogP contribution in [0.1, 0.15) is 16.7 Å². The molecule has 1 N–H and O–H groups in total. The maximum Gasteiger partial charge on any atom is 0.234 e. The van der Waals surface area contributed by atoms with Gasteiger partial charge in [0.1, 0.15) is 0 Å². The van der Waals surface area contributed by atoms with Crippen LogP contribution in [0.2, 0.25) is 5.02 Å². The Morgan fingerprint density at radius 2 is 1.78 bits per heavy atom. The van der Waals surface area contributed by atoms with E-state index in [9.17, 15) is 4.79 Å². The van der Waals surface area contributed by atoms with E-state index >= 15 is 0 Å². The number of methoxy groups -OCH3 is 2. The number of fused-ring (bicyclic) bond motifs is 1. The molecule has 3 rings (SSSR count). The lowest BCUT2D eigenvalue weighted by Gasteiger charge is -2.29. The number of carbonyl (C=O) groups is 1. The SMILES string of the molecule is COc1cc2c(cc1OC)CN(CC(=O)NCCc1ccc(Cl)cc1)CC2. The summed E-state index contributed by atoms with van der Waals surface area (Å²) in [6, 6.07) is 11.8. The number of benzene rings is 2. The molecule has 0 saturated heterocycles. The molecule has 0 aliphatic carbocycles. The van der Waals surface area contributed by atoms with E-state index in [1.165, 1.54) is 11.1 Å². The Labute approximate surface area is 165 Å². The number of halogens is 1. The molecule has 0 unspecified atom stereocenters. The van der Waals surface area contributed by atoms with Crippen molar-refractivity contribution in [1.82, 2.24) is 10.2 Å². The first-order valence-electron chi connectivity index (χ1n) is 9.06. The highest BCUT2D eigenvalue weighted by Gasteiger charge is 2.20. The minimum atomic E-state index is 0.0490. The summed E-state index contributed by atoms with van der Waals surface area (Å²) in [6.07, 6.45) is 1.69. The van der Waals surface area contributed by atoms with E-state index in [0.29, 0.717) is 13.1 Å². The third-order valence-corrected chi connectivity index (χ3v) is 5.07. The molecular weight excluding hydrogens is 364 g/mol. The van der Waals surface area contributed by atoms with Crippen LogP contribution in [0.25, 0.3) is 0 Å². The number of carbonyl (C=O) groups excluding carboxylic acids is 1. The highest BCUT2D eigenvalue weighted by molar-refractivity contribution is 6.30. The molecule has 0 spiro atoms. The Balaban J connectivity index is 1.50. The second-order valence-electron chi connectivity index (χ2n) is 6.66. The lowest BCUT2D eigenvalue weighted by Crippen LogP contribution is -2.40. The summed E-state index contributed by atoms with van der Waals surface area (Å²) in [4.78, 5) is 14.4. The van der Waals surface area contributed by atoms with Crippen molar-refractivity contribution < 1.29 is 14.3 Å². The number of nitrogens with zero attached hydrogens (tertiary/aromatic N) is 1. The zero-order valence-electron chi connectivity index (χ0n) is 15.8. The normalized spacial score (nSPS) is 13.7. The molecule has 144 valence electrons. The Hall–Kier alpha value is -2.24. The Morgan fingerprint density at radius 3 is 2.44 bits per heavy atom. The van der Waals surface area contributed by atoms with Crippen LogP contribution in [0.4, 0.5) is 0 Å². The highest BCUT2D eigenvalue weighted by atomic mass is 35.5. The standard InChI is InChI=1S/C21H25ClN2O3/c1-26-19-11-16-8-10-24(13-17(16)12-20(19)27-2)14-21(25)23-9-7-15-3-5-18(22)6-4-15/h3-6,11-12H,7-10,13-14H2,1-2H3,(H,23,25). The van der Waals surface area contributed by atoms with Crippen molar-refractivity contribution in [3.63, 3.8) is 0 Å². The molecule has 1 aliphatic rings. The van der Waals surface area contributed by atoms with Crippen LogP contribution in [0.15, 0.2) is 36.4 Å². The van der Waals surface area contributed by atoms with Crippen LogP contribution in [-0.2, 0) is 24.2 Å². The summed E-state index contributed by atoms with van der Waals surface area (Å²) in [5, 5.41) is 3.72. The van der Waals surface area contributed by atoms with Gasteiger partial charge >= 0.3 is 0 Å². The zero-order valence-corrected chi connectivity index (χ0v) is 16.5. The Bertz CT molecular complexity index is 793. The summed E-state index contributed by atoms with van der Waals surface area (Å²) in [5.41, 5.74) is 3.60. The fourth-order valence-electron chi connectivity index (χ4n) is 3.33. The number of nitrogens with one attached hydrogen (secondary N) is 1. The van der Waals surface area contributed by atoms with Gasteiger partial charge in [-0.2, -0.15) is 0 Å². The first-order chi connectivity index (χ1) is 13.1. The van der Waals surface area contributed by atoms with E-state index in [-0.39, 0.29) is 5.91 Å². The minimum Gasteiger partial charge on any atom is -0.493 e. The summed E-state index contributed by atoms with van der Waals surface area (Å²) in [7, 11) is 3.28. The molecule has 2 aromatic carbocycles. The molecule has 1 aliphatic heterocycles. The molecular formula is C21H25ClN2O3. The largest absolute Gasteiger partial charge is 0.493 e. The van der Waals surface area contributed by atoms with Crippen LogP contribution >= 0.6 is 11.6 Å².